The van der Waals surface area contributed by atoms with Crippen molar-refractivity contribution in [1.29, 1.82) is 0 Å². The third-order valence-corrected chi connectivity index (χ3v) is 2.51. The highest BCUT2D eigenvalue weighted by molar-refractivity contribution is 5.31. The number of nitrogens with zero attached hydrogens (tertiary/aromatic N) is 1. The molecule has 4 heteroatoms. The number of aliphatic hydroxyl groups is 1. The van der Waals surface area contributed by atoms with Gasteiger partial charge in [0, 0.05) is 11.8 Å². The Labute approximate surface area is 105 Å². The molecule has 94 valence electrons. The highest BCUT2D eigenvalue weighted by Gasteiger charge is 2.07. The molecule has 1 heterocycles. The Balaban J connectivity index is 2.31. The highest BCUT2D eigenvalue weighted by atomic mass is 19.1. The van der Waals surface area contributed by atoms with Gasteiger partial charge in [-0.05, 0) is 30.2 Å². The van der Waals surface area contributed by atoms with Crippen molar-refractivity contribution in [2.45, 2.75) is 20.0 Å². The molecule has 0 fully saturated rings. The molecule has 2 rings (SSSR count). The standard InChI is InChI=1S/C14H14FNO2/c1-2-11-7-10(9-17)8-14(16-11)18-13-6-4-3-5-12(13)15/h3-8,17H,2,9H2,1H3. The minimum Gasteiger partial charge on any atom is -0.436 e. The smallest absolute Gasteiger partial charge is 0.219 e. The van der Waals surface area contributed by atoms with Gasteiger partial charge in [0.2, 0.25) is 5.88 Å². The zero-order chi connectivity index (χ0) is 13.0. The van der Waals surface area contributed by atoms with Gasteiger partial charge in [0.05, 0.1) is 6.61 Å². The Bertz CT molecular complexity index is 521. The van der Waals surface area contributed by atoms with Crippen LogP contribution in [-0.2, 0) is 13.0 Å². The van der Waals surface area contributed by atoms with Crippen LogP contribution in [0.5, 0.6) is 11.6 Å². The van der Waals surface area contributed by atoms with E-state index in [0.717, 1.165) is 12.1 Å². The number of hydrogen-bond donors (Lipinski definition) is 1. The van der Waals surface area contributed by atoms with Crippen molar-refractivity contribution in [3.05, 3.63) is 53.5 Å². The Morgan fingerprint density at radius 2 is 2.06 bits per heavy atom. The first-order valence-electron chi connectivity index (χ1n) is 5.76. The van der Waals surface area contributed by atoms with Crippen molar-refractivity contribution in [2.75, 3.05) is 0 Å². The maximum atomic E-state index is 13.4. The van der Waals surface area contributed by atoms with E-state index < -0.39 is 5.82 Å². The second-order valence-electron chi connectivity index (χ2n) is 3.85. The normalized spacial score (nSPS) is 10.4. The van der Waals surface area contributed by atoms with E-state index in [1.165, 1.54) is 12.1 Å². The molecule has 1 aromatic carbocycles. The third-order valence-electron chi connectivity index (χ3n) is 2.51. The van der Waals surface area contributed by atoms with Gasteiger partial charge in [-0.15, -0.1) is 0 Å². The van der Waals surface area contributed by atoms with Crippen molar-refractivity contribution >= 4 is 0 Å². The van der Waals surface area contributed by atoms with Crippen molar-refractivity contribution in [3.63, 3.8) is 0 Å². The molecule has 0 aliphatic heterocycles. The summed E-state index contributed by atoms with van der Waals surface area (Å²) in [4.78, 5) is 4.24. The number of benzene rings is 1. The van der Waals surface area contributed by atoms with Gasteiger partial charge in [-0.3, -0.25) is 0 Å². The Hall–Kier alpha value is -1.94. The average Bonchev–Trinajstić information content (AvgIpc) is 2.41. The van der Waals surface area contributed by atoms with Gasteiger partial charge in [-0.25, -0.2) is 9.37 Å². The quantitative estimate of drug-likeness (QED) is 0.902. The van der Waals surface area contributed by atoms with Gasteiger partial charge in [0.1, 0.15) is 0 Å². The molecule has 3 nitrogen and oxygen atoms in total. The van der Waals surface area contributed by atoms with Crippen LogP contribution < -0.4 is 4.74 Å². The summed E-state index contributed by atoms with van der Waals surface area (Å²) in [6, 6.07) is 9.55. The summed E-state index contributed by atoms with van der Waals surface area (Å²) < 4.78 is 18.8. The molecule has 0 unspecified atom stereocenters. The van der Waals surface area contributed by atoms with E-state index in [1.54, 1.807) is 24.3 Å². The zero-order valence-electron chi connectivity index (χ0n) is 10.1. The third kappa shape index (κ3) is 2.84. The summed E-state index contributed by atoms with van der Waals surface area (Å²) in [7, 11) is 0. The van der Waals surface area contributed by atoms with Gasteiger partial charge in [0.15, 0.2) is 11.6 Å². The second-order valence-corrected chi connectivity index (χ2v) is 3.85. The monoisotopic (exact) mass is 247 g/mol. The molecule has 0 saturated heterocycles. The molecular formula is C14H14FNO2. The van der Waals surface area contributed by atoms with Gasteiger partial charge in [0.25, 0.3) is 0 Å². The van der Waals surface area contributed by atoms with Crippen molar-refractivity contribution in [3.8, 4) is 11.6 Å². The molecular weight excluding hydrogens is 233 g/mol. The molecule has 1 N–H and O–H groups in total. The first-order chi connectivity index (χ1) is 8.72. The topological polar surface area (TPSA) is 42.4 Å². The highest BCUT2D eigenvalue weighted by Crippen LogP contribution is 2.23. The van der Waals surface area contributed by atoms with Crippen LogP contribution in [0.15, 0.2) is 36.4 Å². The molecule has 0 bridgehead atoms. The van der Waals surface area contributed by atoms with E-state index in [-0.39, 0.29) is 12.4 Å². The zero-order valence-corrected chi connectivity index (χ0v) is 10.1. The molecule has 2 aromatic rings. The van der Waals surface area contributed by atoms with Crippen LogP contribution in [0.1, 0.15) is 18.2 Å². The molecule has 1 aromatic heterocycles. The summed E-state index contributed by atoms with van der Waals surface area (Å²) in [5.74, 6) is -0.0163. The van der Waals surface area contributed by atoms with E-state index in [9.17, 15) is 4.39 Å². The molecule has 18 heavy (non-hydrogen) atoms. The van der Waals surface area contributed by atoms with Gasteiger partial charge in [-0.1, -0.05) is 19.1 Å². The van der Waals surface area contributed by atoms with Crippen molar-refractivity contribution in [2.24, 2.45) is 0 Å². The number of ether oxygens (including phenoxy) is 1. The van der Waals surface area contributed by atoms with E-state index in [1.807, 2.05) is 6.92 Å². The van der Waals surface area contributed by atoms with E-state index >= 15 is 0 Å². The first kappa shape index (κ1) is 12.5. The lowest BCUT2D eigenvalue weighted by atomic mass is 10.2. The number of rotatable bonds is 4. The second kappa shape index (κ2) is 5.60. The van der Waals surface area contributed by atoms with Crippen LogP contribution in [0.4, 0.5) is 4.39 Å². The number of aromatic nitrogens is 1. The average molecular weight is 247 g/mol. The molecule has 0 atom stereocenters. The largest absolute Gasteiger partial charge is 0.436 e. The minimum atomic E-state index is -0.438. The predicted octanol–water partition coefficient (Wildman–Crippen LogP) is 3.07. The lowest BCUT2D eigenvalue weighted by molar-refractivity contribution is 0.280. The maximum absolute atomic E-state index is 13.4. The Morgan fingerprint density at radius 3 is 2.72 bits per heavy atom. The predicted molar refractivity (Wildman–Crippen MR) is 66.0 cm³/mol. The SMILES string of the molecule is CCc1cc(CO)cc(Oc2ccccc2F)n1. The van der Waals surface area contributed by atoms with Gasteiger partial charge >= 0.3 is 0 Å². The molecule has 0 saturated carbocycles. The van der Waals surface area contributed by atoms with Gasteiger partial charge < -0.3 is 9.84 Å². The molecule has 0 spiro atoms. The molecule has 0 radical (unpaired) electrons. The van der Waals surface area contributed by atoms with Gasteiger partial charge in [-0.2, -0.15) is 0 Å². The van der Waals surface area contributed by atoms with Crippen molar-refractivity contribution in [1.82, 2.24) is 4.98 Å². The number of para-hydroxylation sites is 1. The number of halogens is 1. The van der Waals surface area contributed by atoms with Crippen LogP contribution in [0.25, 0.3) is 0 Å². The molecule has 0 aliphatic rings. The van der Waals surface area contributed by atoms with Crippen LogP contribution in [-0.4, -0.2) is 10.1 Å². The maximum Gasteiger partial charge on any atom is 0.219 e. The summed E-state index contributed by atoms with van der Waals surface area (Å²) in [6.45, 7) is 1.86. The Morgan fingerprint density at radius 1 is 1.28 bits per heavy atom. The fraction of sp³-hybridized carbons (Fsp3) is 0.214. The number of aliphatic hydroxyl groups excluding tert-OH is 1. The first-order valence-corrected chi connectivity index (χ1v) is 5.76. The lowest BCUT2D eigenvalue weighted by Gasteiger charge is -2.08. The minimum absolute atomic E-state index is 0.0941. The van der Waals surface area contributed by atoms with E-state index in [0.29, 0.717) is 11.4 Å². The van der Waals surface area contributed by atoms with E-state index in [4.69, 9.17) is 9.84 Å². The van der Waals surface area contributed by atoms with Crippen LogP contribution in [0.3, 0.4) is 0 Å². The lowest BCUT2D eigenvalue weighted by Crippen LogP contribution is -1.97. The number of pyridine rings is 1. The summed E-state index contributed by atoms with van der Waals surface area (Å²) in [6.07, 6.45) is 0.724. The molecule has 0 aliphatic carbocycles. The summed E-state index contributed by atoms with van der Waals surface area (Å²) in [5, 5.41) is 9.15. The number of hydrogen-bond acceptors (Lipinski definition) is 3. The van der Waals surface area contributed by atoms with E-state index in [2.05, 4.69) is 4.98 Å². The summed E-state index contributed by atoms with van der Waals surface area (Å²) >= 11 is 0. The fourth-order valence-corrected chi connectivity index (χ4v) is 1.59. The van der Waals surface area contributed by atoms with Crippen LogP contribution in [0, 0.1) is 5.82 Å². The van der Waals surface area contributed by atoms with Crippen molar-refractivity contribution < 1.29 is 14.2 Å². The Kier molecular flexibility index (Phi) is 3.89. The van der Waals surface area contributed by atoms with Crippen LogP contribution >= 0.6 is 0 Å². The fourth-order valence-electron chi connectivity index (χ4n) is 1.59. The molecule has 0 amide bonds. The summed E-state index contributed by atoms with van der Waals surface area (Å²) in [5.41, 5.74) is 1.50. The number of aryl methyl sites for hydroxylation is 1. The van der Waals surface area contributed by atoms with Crippen LogP contribution in [0.2, 0.25) is 0 Å².